The van der Waals surface area contributed by atoms with Crippen molar-refractivity contribution in [2.75, 3.05) is 34.5 Å². The van der Waals surface area contributed by atoms with E-state index in [4.69, 9.17) is 39.9 Å². The molecule has 5 atom stereocenters. The van der Waals surface area contributed by atoms with E-state index in [0.717, 1.165) is 13.2 Å². The Morgan fingerprint density at radius 1 is 0.909 bits per heavy atom. The van der Waals surface area contributed by atoms with Crippen molar-refractivity contribution in [1.82, 2.24) is 0 Å². The monoisotopic (exact) mass is 625 g/mol. The number of phenols is 2. The highest BCUT2D eigenvalue weighted by atomic mass is 16.7. The molecule has 17 nitrogen and oxygen atoms in total. The molecule has 0 unspecified atom stereocenters. The molecule has 0 amide bonds. The van der Waals surface area contributed by atoms with Gasteiger partial charge in [0.2, 0.25) is 17.8 Å². The standard InChI is InChI=1S/C27H35N3O14/c1-39-14-9-13(17(31)23(41-3)19(14)33)25(38)42-10-16-18(32)20(34)21(35)26(43-16)44-22-11(5-4-6-30-27(28)29)7-12(24(36)37)8-15(22)40-2/h7-9,16,18,20-21,26,31-35H,4-6,10H2,1-3H3,(H,36,37)(H4,28,29,30)/t16-,18-,20+,21-,26+/m1/s1. The summed E-state index contributed by atoms with van der Waals surface area (Å²) >= 11 is 0. The number of aromatic carboxylic acids is 1. The van der Waals surface area contributed by atoms with Gasteiger partial charge in [0.25, 0.3) is 0 Å². The minimum Gasteiger partial charge on any atom is -0.504 e. The number of carbonyl (C=O) groups is 2. The maximum atomic E-state index is 12.8. The number of carboxylic acid groups (broad SMARTS) is 1. The van der Waals surface area contributed by atoms with E-state index in [0.29, 0.717) is 12.0 Å². The predicted octanol–water partition coefficient (Wildman–Crippen LogP) is -0.929. The Morgan fingerprint density at radius 2 is 1.59 bits per heavy atom. The van der Waals surface area contributed by atoms with Gasteiger partial charge in [-0.25, -0.2) is 9.59 Å². The van der Waals surface area contributed by atoms with Gasteiger partial charge in [0.15, 0.2) is 29.0 Å². The average Bonchev–Trinajstić information content (AvgIpc) is 2.99. The Labute approximate surface area is 250 Å². The molecule has 0 bridgehead atoms. The molecule has 1 heterocycles. The van der Waals surface area contributed by atoms with Gasteiger partial charge in [0.1, 0.15) is 36.6 Å². The molecule has 44 heavy (non-hydrogen) atoms. The predicted molar refractivity (Wildman–Crippen MR) is 149 cm³/mol. The number of aliphatic hydroxyl groups excluding tert-OH is 3. The minimum atomic E-state index is -1.84. The summed E-state index contributed by atoms with van der Waals surface area (Å²) in [6.45, 7) is -0.494. The number of carbonyl (C=O) groups excluding carboxylic acids is 1. The summed E-state index contributed by atoms with van der Waals surface area (Å²) in [6.07, 6.45) is -7.99. The molecule has 3 rings (SSSR count). The maximum absolute atomic E-state index is 12.8. The number of nitrogens with zero attached hydrogens (tertiary/aromatic N) is 1. The van der Waals surface area contributed by atoms with Crippen LogP contribution in [0.15, 0.2) is 23.2 Å². The fraction of sp³-hybridized carbons (Fsp3) is 0.444. The number of methoxy groups -OCH3 is 3. The quantitative estimate of drug-likeness (QED) is 0.0578. The lowest BCUT2D eigenvalue weighted by Gasteiger charge is -2.40. The van der Waals surface area contributed by atoms with Crippen LogP contribution in [0.4, 0.5) is 0 Å². The van der Waals surface area contributed by atoms with E-state index in [1.807, 2.05) is 0 Å². The number of phenolic OH excluding ortho intramolecular Hbond substituents is 2. The van der Waals surface area contributed by atoms with Crippen LogP contribution in [-0.4, -0.2) is 114 Å². The van der Waals surface area contributed by atoms with E-state index in [1.165, 1.54) is 26.4 Å². The molecule has 0 spiro atoms. The molecule has 10 N–H and O–H groups in total. The number of hydrogen-bond donors (Lipinski definition) is 8. The molecule has 0 radical (unpaired) electrons. The minimum absolute atomic E-state index is 0.0289. The van der Waals surface area contributed by atoms with Crippen molar-refractivity contribution >= 4 is 17.9 Å². The second-order valence-corrected chi connectivity index (χ2v) is 9.47. The normalized spacial score (nSPS) is 21.2. The molecule has 1 fully saturated rings. The number of aliphatic imine (C=N–C) groups is 1. The number of esters is 1. The summed E-state index contributed by atoms with van der Waals surface area (Å²) in [5.41, 5.74) is 10.4. The Balaban J connectivity index is 1.85. The summed E-state index contributed by atoms with van der Waals surface area (Å²) in [5, 5.41) is 61.8. The highest BCUT2D eigenvalue weighted by Gasteiger charge is 2.46. The molecule has 1 aliphatic rings. The van der Waals surface area contributed by atoms with Crippen molar-refractivity contribution in [3.8, 4) is 34.5 Å². The Kier molecular flexibility index (Phi) is 11.2. The number of aliphatic hydroxyl groups is 3. The molecule has 0 saturated carbocycles. The highest BCUT2D eigenvalue weighted by molar-refractivity contribution is 5.95. The number of nitrogens with two attached hydrogens (primary N) is 2. The van der Waals surface area contributed by atoms with Crippen molar-refractivity contribution in [2.45, 2.75) is 43.5 Å². The van der Waals surface area contributed by atoms with Crippen LogP contribution in [0.25, 0.3) is 0 Å². The van der Waals surface area contributed by atoms with E-state index < -0.39 is 72.1 Å². The van der Waals surface area contributed by atoms with E-state index >= 15 is 0 Å². The number of aromatic hydroxyl groups is 2. The number of carboxylic acids is 1. The summed E-state index contributed by atoms with van der Waals surface area (Å²) in [7, 11) is 3.61. The average molecular weight is 626 g/mol. The second-order valence-electron chi connectivity index (χ2n) is 9.47. The lowest BCUT2D eigenvalue weighted by atomic mass is 9.99. The molecule has 17 heteroatoms. The fourth-order valence-corrected chi connectivity index (χ4v) is 4.35. The van der Waals surface area contributed by atoms with Gasteiger partial charge in [-0.05, 0) is 30.5 Å². The first-order valence-electron chi connectivity index (χ1n) is 13.0. The third-order valence-electron chi connectivity index (χ3n) is 6.62. The van der Waals surface area contributed by atoms with Crippen LogP contribution in [0.2, 0.25) is 0 Å². The zero-order valence-electron chi connectivity index (χ0n) is 24.0. The van der Waals surface area contributed by atoms with Crippen LogP contribution in [0.1, 0.15) is 32.7 Å². The summed E-state index contributed by atoms with van der Waals surface area (Å²) in [5.74, 6) is -4.54. The first-order chi connectivity index (χ1) is 20.8. The van der Waals surface area contributed by atoms with Gasteiger partial charge in [-0.15, -0.1) is 0 Å². The Bertz CT molecular complexity index is 1380. The molecule has 1 aliphatic heterocycles. The third-order valence-corrected chi connectivity index (χ3v) is 6.62. The zero-order chi connectivity index (χ0) is 32.7. The van der Waals surface area contributed by atoms with Gasteiger partial charge in [-0.3, -0.25) is 4.99 Å². The number of benzene rings is 2. The number of aryl methyl sites for hydroxylation is 1. The summed E-state index contributed by atoms with van der Waals surface area (Å²) < 4.78 is 31.9. The van der Waals surface area contributed by atoms with Crippen molar-refractivity contribution < 1.29 is 68.6 Å². The van der Waals surface area contributed by atoms with Crippen LogP contribution in [0.3, 0.4) is 0 Å². The van der Waals surface area contributed by atoms with E-state index in [-0.39, 0.29) is 41.7 Å². The van der Waals surface area contributed by atoms with Gasteiger partial charge in [-0.2, -0.15) is 0 Å². The zero-order valence-corrected chi connectivity index (χ0v) is 24.0. The fourth-order valence-electron chi connectivity index (χ4n) is 4.35. The van der Waals surface area contributed by atoms with Gasteiger partial charge < -0.3 is 70.5 Å². The largest absolute Gasteiger partial charge is 0.504 e. The second kappa shape index (κ2) is 14.6. The van der Waals surface area contributed by atoms with E-state index in [2.05, 4.69) is 4.99 Å². The van der Waals surface area contributed by atoms with Gasteiger partial charge in [0, 0.05) is 12.6 Å². The van der Waals surface area contributed by atoms with Gasteiger partial charge >= 0.3 is 11.9 Å². The van der Waals surface area contributed by atoms with Crippen LogP contribution in [0.5, 0.6) is 34.5 Å². The first kappa shape index (κ1) is 33.8. The smallest absolute Gasteiger partial charge is 0.342 e. The van der Waals surface area contributed by atoms with Crippen molar-refractivity contribution in [2.24, 2.45) is 16.5 Å². The van der Waals surface area contributed by atoms with Crippen LogP contribution >= 0.6 is 0 Å². The molecule has 0 aromatic heterocycles. The van der Waals surface area contributed by atoms with E-state index in [9.17, 15) is 40.2 Å². The molecule has 242 valence electrons. The van der Waals surface area contributed by atoms with Gasteiger partial charge in [0.05, 0.1) is 26.9 Å². The molecule has 1 saturated heterocycles. The lowest BCUT2D eigenvalue weighted by Crippen LogP contribution is -2.60. The summed E-state index contributed by atoms with van der Waals surface area (Å²) in [6, 6.07) is 3.51. The number of hydrogen-bond acceptors (Lipinski definition) is 14. The van der Waals surface area contributed by atoms with Crippen LogP contribution < -0.4 is 30.4 Å². The van der Waals surface area contributed by atoms with Crippen molar-refractivity contribution in [1.29, 1.82) is 0 Å². The molecule has 2 aromatic rings. The molecule has 2 aromatic carbocycles. The van der Waals surface area contributed by atoms with Gasteiger partial charge in [-0.1, -0.05) is 0 Å². The lowest BCUT2D eigenvalue weighted by molar-refractivity contribution is -0.277. The summed E-state index contributed by atoms with van der Waals surface area (Å²) in [4.78, 5) is 28.4. The first-order valence-corrected chi connectivity index (χ1v) is 13.0. The van der Waals surface area contributed by atoms with Crippen LogP contribution in [0, 0.1) is 0 Å². The highest BCUT2D eigenvalue weighted by Crippen LogP contribution is 2.45. The van der Waals surface area contributed by atoms with Crippen molar-refractivity contribution in [3.05, 3.63) is 34.9 Å². The number of guanidine groups is 1. The number of ether oxygens (including phenoxy) is 6. The topological polar surface area (TPSA) is 275 Å². The SMILES string of the molecule is COc1cc(C(=O)OC[C@H]2O[C@@H](Oc3c(CCCN=C(N)N)cc(C(=O)O)cc3OC)[C@H](O)[C@@H](O)[C@@H]2O)c(O)c(OC)c1O. The molecular weight excluding hydrogens is 590 g/mol. The molecular formula is C27H35N3O14. The Morgan fingerprint density at radius 3 is 2.18 bits per heavy atom. The van der Waals surface area contributed by atoms with Crippen molar-refractivity contribution in [3.63, 3.8) is 0 Å². The number of rotatable bonds is 13. The molecule has 0 aliphatic carbocycles. The maximum Gasteiger partial charge on any atom is 0.342 e. The third kappa shape index (κ3) is 7.43. The Hall–Kier alpha value is -4.71. The van der Waals surface area contributed by atoms with E-state index in [1.54, 1.807) is 0 Å². The van der Waals surface area contributed by atoms with Crippen LogP contribution in [-0.2, 0) is 15.9 Å².